The van der Waals surface area contributed by atoms with Gasteiger partial charge in [0.1, 0.15) is 0 Å². The van der Waals surface area contributed by atoms with Crippen LogP contribution in [0.1, 0.15) is 27.9 Å². The fourth-order valence-corrected chi connectivity index (χ4v) is 3.87. The second kappa shape index (κ2) is 5.80. The van der Waals surface area contributed by atoms with Crippen molar-refractivity contribution in [1.82, 2.24) is 4.90 Å². The first-order valence-corrected chi connectivity index (χ1v) is 8.10. The van der Waals surface area contributed by atoms with Gasteiger partial charge in [0.25, 0.3) is 5.91 Å². The molecule has 2 aliphatic heterocycles. The summed E-state index contributed by atoms with van der Waals surface area (Å²) in [6.07, 6.45) is 0.442. The van der Waals surface area contributed by atoms with E-state index in [4.69, 9.17) is 16.3 Å². The number of benzene rings is 1. The molecule has 2 fully saturated rings. The van der Waals surface area contributed by atoms with Gasteiger partial charge in [0, 0.05) is 25.6 Å². The fourth-order valence-electron chi connectivity index (χ4n) is 3.57. The Hall–Kier alpha value is -1.59. The lowest BCUT2D eigenvalue weighted by Crippen LogP contribution is -2.45. The van der Waals surface area contributed by atoms with Gasteiger partial charge in [0.15, 0.2) is 0 Å². The molecule has 0 aliphatic carbocycles. The largest absolute Gasteiger partial charge is 0.481 e. The summed E-state index contributed by atoms with van der Waals surface area (Å²) in [6, 6.07) is 3.56. The molecule has 23 heavy (non-hydrogen) atoms. The fraction of sp³-hybridized carbons (Fsp3) is 0.529. The molecule has 0 spiro atoms. The molecule has 1 aromatic rings. The highest BCUT2D eigenvalue weighted by Gasteiger charge is 2.55. The van der Waals surface area contributed by atoms with Crippen molar-refractivity contribution >= 4 is 23.5 Å². The van der Waals surface area contributed by atoms with E-state index in [9.17, 15) is 14.7 Å². The number of carboxylic acids is 1. The summed E-state index contributed by atoms with van der Waals surface area (Å²) in [5.41, 5.74) is 1.57. The third-order valence-electron chi connectivity index (χ3n) is 5.23. The van der Waals surface area contributed by atoms with Gasteiger partial charge in [0.05, 0.1) is 22.6 Å². The standard InChI is InChI=1S/C17H20ClNO4/c1-10-5-13(14(18)6-11(10)2)15(20)19-7-12-8-23-4-3-17(12,9-19)16(21)22/h5-6,12H,3-4,7-9H2,1-2H3,(H,21,22)/t12-,17+/m0/s1. The predicted octanol–water partition coefficient (Wildman–Crippen LogP) is 2.52. The van der Waals surface area contributed by atoms with Gasteiger partial charge in [-0.25, -0.2) is 0 Å². The molecule has 2 atom stereocenters. The van der Waals surface area contributed by atoms with E-state index < -0.39 is 11.4 Å². The highest BCUT2D eigenvalue weighted by Crippen LogP contribution is 2.43. The van der Waals surface area contributed by atoms with E-state index in [-0.39, 0.29) is 18.4 Å². The summed E-state index contributed by atoms with van der Waals surface area (Å²) < 4.78 is 5.42. The Morgan fingerprint density at radius 1 is 1.35 bits per heavy atom. The zero-order valence-electron chi connectivity index (χ0n) is 13.3. The number of nitrogens with zero attached hydrogens (tertiary/aromatic N) is 1. The molecule has 1 aromatic carbocycles. The number of rotatable bonds is 2. The van der Waals surface area contributed by atoms with Crippen LogP contribution < -0.4 is 0 Å². The van der Waals surface area contributed by atoms with Crippen molar-refractivity contribution in [3.8, 4) is 0 Å². The van der Waals surface area contributed by atoms with E-state index in [0.29, 0.717) is 36.8 Å². The van der Waals surface area contributed by atoms with Crippen LogP contribution in [0.5, 0.6) is 0 Å². The topological polar surface area (TPSA) is 66.8 Å². The molecular weight excluding hydrogens is 318 g/mol. The van der Waals surface area contributed by atoms with Gasteiger partial charge in [-0.15, -0.1) is 0 Å². The first-order valence-electron chi connectivity index (χ1n) is 7.72. The number of ether oxygens (including phenoxy) is 1. The van der Waals surface area contributed by atoms with Crippen molar-refractivity contribution in [3.05, 3.63) is 33.8 Å². The molecule has 1 amide bonds. The van der Waals surface area contributed by atoms with E-state index in [1.165, 1.54) is 0 Å². The maximum Gasteiger partial charge on any atom is 0.311 e. The second-order valence-electron chi connectivity index (χ2n) is 6.59. The molecule has 2 aliphatic rings. The quantitative estimate of drug-likeness (QED) is 0.900. The molecule has 0 radical (unpaired) electrons. The minimum Gasteiger partial charge on any atom is -0.481 e. The molecular formula is C17H20ClNO4. The average molecular weight is 338 g/mol. The summed E-state index contributed by atoms with van der Waals surface area (Å²) in [7, 11) is 0. The van der Waals surface area contributed by atoms with Crippen molar-refractivity contribution in [2.24, 2.45) is 11.3 Å². The Labute approximate surface area is 140 Å². The van der Waals surface area contributed by atoms with Crippen molar-refractivity contribution in [2.75, 3.05) is 26.3 Å². The molecule has 1 N–H and O–H groups in total. The number of hydrogen-bond donors (Lipinski definition) is 1. The van der Waals surface area contributed by atoms with Crippen LogP contribution in [-0.4, -0.2) is 48.2 Å². The zero-order chi connectivity index (χ0) is 16.8. The van der Waals surface area contributed by atoms with Crippen LogP contribution >= 0.6 is 11.6 Å². The van der Waals surface area contributed by atoms with Crippen molar-refractivity contribution in [3.63, 3.8) is 0 Å². The smallest absolute Gasteiger partial charge is 0.311 e. The van der Waals surface area contributed by atoms with Gasteiger partial charge in [-0.05, 0) is 43.5 Å². The van der Waals surface area contributed by atoms with Gasteiger partial charge in [0.2, 0.25) is 0 Å². The lowest BCUT2D eigenvalue weighted by Gasteiger charge is -2.33. The molecule has 0 aromatic heterocycles. The summed E-state index contributed by atoms with van der Waals surface area (Å²) in [5, 5.41) is 10.1. The number of amides is 1. The number of carboxylic acid groups (broad SMARTS) is 1. The third kappa shape index (κ3) is 2.62. The van der Waals surface area contributed by atoms with E-state index in [1.54, 1.807) is 17.0 Å². The molecule has 3 rings (SSSR count). The first-order chi connectivity index (χ1) is 10.8. The molecule has 0 saturated carbocycles. The van der Waals surface area contributed by atoms with Crippen LogP contribution in [0, 0.1) is 25.2 Å². The number of aliphatic carboxylic acids is 1. The lowest BCUT2D eigenvalue weighted by molar-refractivity contribution is -0.157. The Bertz CT molecular complexity index is 675. The summed E-state index contributed by atoms with van der Waals surface area (Å²) in [6.45, 7) is 5.30. The number of hydrogen-bond acceptors (Lipinski definition) is 3. The van der Waals surface area contributed by atoms with E-state index >= 15 is 0 Å². The molecule has 5 nitrogen and oxygen atoms in total. The first kappa shape index (κ1) is 16.3. The van der Waals surface area contributed by atoms with Crippen molar-refractivity contribution in [2.45, 2.75) is 20.3 Å². The SMILES string of the molecule is Cc1cc(Cl)c(C(=O)N2C[C@H]3COCC[C@@]3(C(=O)O)C2)cc1C. The average Bonchev–Trinajstić information content (AvgIpc) is 2.91. The molecule has 6 heteroatoms. The van der Waals surface area contributed by atoms with Crippen LogP contribution in [0.15, 0.2) is 12.1 Å². The van der Waals surface area contributed by atoms with E-state index in [2.05, 4.69) is 0 Å². The van der Waals surface area contributed by atoms with Gasteiger partial charge in [-0.3, -0.25) is 9.59 Å². The number of fused-ring (bicyclic) bond motifs is 1. The van der Waals surface area contributed by atoms with Gasteiger partial charge in [-0.2, -0.15) is 0 Å². The minimum absolute atomic E-state index is 0.164. The maximum absolute atomic E-state index is 12.8. The van der Waals surface area contributed by atoms with Crippen LogP contribution in [-0.2, 0) is 9.53 Å². The summed E-state index contributed by atoms with van der Waals surface area (Å²) in [4.78, 5) is 26.3. The molecule has 124 valence electrons. The van der Waals surface area contributed by atoms with Gasteiger partial charge < -0.3 is 14.7 Å². The van der Waals surface area contributed by atoms with Gasteiger partial charge >= 0.3 is 5.97 Å². The number of likely N-dealkylation sites (tertiary alicyclic amines) is 1. The van der Waals surface area contributed by atoms with Crippen LogP contribution in [0.3, 0.4) is 0 Å². The summed E-state index contributed by atoms with van der Waals surface area (Å²) >= 11 is 6.24. The molecule has 2 heterocycles. The van der Waals surface area contributed by atoms with E-state index in [0.717, 1.165) is 11.1 Å². The molecule has 2 saturated heterocycles. The number of halogens is 1. The van der Waals surface area contributed by atoms with Gasteiger partial charge in [-0.1, -0.05) is 11.6 Å². The second-order valence-corrected chi connectivity index (χ2v) is 6.99. The highest BCUT2D eigenvalue weighted by atomic mass is 35.5. The molecule has 0 unspecified atom stereocenters. The zero-order valence-corrected chi connectivity index (χ0v) is 14.0. The maximum atomic E-state index is 12.8. The Kier molecular flexibility index (Phi) is 4.10. The Balaban J connectivity index is 1.90. The highest BCUT2D eigenvalue weighted by molar-refractivity contribution is 6.34. The van der Waals surface area contributed by atoms with Crippen LogP contribution in [0.2, 0.25) is 5.02 Å². The van der Waals surface area contributed by atoms with Crippen molar-refractivity contribution < 1.29 is 19.4 Å². The van der Waals surface area contributed by atoms with Crippen LogP contribution in [0.4, 0.5) is 0 Å². The number of aryl methyl sites for hydroxylation is 2. The Morgan fingerprint density at radius 3 is 2.70 bits per heavy atom. The Morgan fingerprint density at radius 2 is 2.04 bits per heavy atom. The third-order valence-corrected chi connectivity index (χ3v) is 5.55. The molecule has 0 bridgehead atoms. The minimum atomic E-state index is -0.889. The number of carbonyl (C=O) groups excluding carboxylic acids is 1. The normalized spacial score (nSPS) is 26.9. The van der Waals surface area contributed by atoms with E-state index in [1.807, 2.05) is 13.8 Å². The summed E-state index contributed by atoms with van der Waals surface area (Å²) in [5.74, 6) is -1.21. The number of carbonyl (C=O) groups is 2. The van der Waals surface area contributed by atoms with Crippen molar-refractivity contribution in [1.29, 1.82) is 0 Å². The lowest BCUT2D eigenvalue weighted by atomic mass is 9.74. The van der Waals surface area contributed by atoms with Crippen LogP contribution in [0.25, 0.3) is 0 Å². The predicted molar refractivity (Wildman–Crippen MR) is 85.8 cm³/mol. The monoisotopic (exact) mass is 337 g/mol.